The molecule has 1 amide bonds. The molecular weight excluding hydrogens is 356 g/mol. The number of guanidine groups is 1. The van der Waals surface area contributed by atoms with Gasteiger partial charge in [0.25, 0.3) is 0 Å². The zero-order valence-corrected chi connectivity index (χ0v) is 16.6. The Labute approximate surface area is 166 Å². The van der Waals surface area contributed by atoms with Crippen molar-refractivity contribution in [2.45, 2.75) is 20.0 Å². The van der Waals surface area contributed by atoms with Crippen LogP contribution in [0.5, 0.6) is 11.5 Å². The molecular formula is C21H28N4O3. The molecule has 0 aliphatic carbocycles. The van der Waals surface area contributed by atoms with Crippen LogP contribution in [-0.4, -0.2) is 39.2 Å². The summed E-state index contributed by atoms with van der Waals surface area (Å²) in [6, 6.07) is 15.3. The molecule has 0 aromatic heterocycles. The molecule has 0 saturated heterocycles. The van der Waals surface area contributed by atoms with Crippen LogP contribution in [-0.2, 0) is 17.9 Å². The number of carbonyl (C=O) groups is 1. The SMILES string of the molecule is CCNC(=NCc1ccccc1OC)NCC(=O)NCc1ccc(OC)cc1. The van der Waals surface area contributed by atoms with E-state index in [-0.39, 0.29) is 12.5 Å². The molecule has 2 rings (SSSR count). The highest BCUT2D eigenvalue weighted by Gasteiger charge is 2.05. The Morgan fingerprint density at radius 3 is 2.39 bits per heavy atom. The normalized spacial score (nSPS) is 10.9. The molecule has 0 spiro atoms. The number of nitrogens with one attached hydrogen (secondary N) is 3. The lowest BCUT2D eigenvalue weighted by atomic mass is 10.2. The van der Waals surface area contributed by atoms with E-state index in [0.717, 1.165) is 22.6 Å². The van der Waals surface area contributed by atoms with Gasteiger partial charge in [-0.2, -0.15) is 0 Å². The van der Waals surface area contributed by atoms with E-state index in [1.807, 2.05) is 55.5 Å². The zero-order chi connectivity index (χ0) is 20.2. The first-order valence-electron chi connectivity index (χ1n) is 9.20. The smallest absolute Gasteiger partial charge is 0.239 e. The second kappa shape index (κ2) is 11.5. The predicted molar refractivity (Wildman–Crippen MR) is 111 cm³/mol. The number of aliphatic imine (C=N–C) groups is 1. The molecule has 0 unspecified atom stereocenters. The highest BCUT2D eigenvalue weighted by atomic mass is 16.5. The highest BCUT2D eigenvalue weighted by Crippen LogP contribution is 2.17. The van der Waals surface area contributed by atoms with E-state index in [1.165, 1.54) is 0 Å². The fraction of sp³-hybridized carbons (Fsp3) is 0.333. The van der Waals surface area contributed by atoms with Crippen molar-refractivity contribution in [1.82, 2.24) is 16.0 Å². The first-order valence-corrected chi connectivity index (χ1v) is 9.20. The number of nitrogens with zero attached hydrogens (tertiary/aromatic N) is 1. The first kappa shape index (κ1) is 21.1. The van der Waals surface area contributed by atoms with Gasteiger partial charge >= 0.3 is 0 Å². The molecule has 0 aliphatic rings. The third-order valence-corrected chi connectivity index (χ3v) is 4.01. The predicted octanol–water partition coefficient (Wildman–Crippen LogP) is 2.08. The number of ether oxygens (including phenoxy) is 2. The number of amides is 1. The Morgan fingerprint density at radius 1 is 0.964 bits per heavy atom. The van der Waals surface area contributed by atoms with Crippen LogP contribution in [0.15, 0.2) is 53.5 Å². The average molecular weight is 384 g/mol. The van der Waals surface area contributed by atoms with Gasteiger partial charge in [0, 0.05) is 18.7 Å². The second-order valence-corrected chi connectivity index (χ2v) is 5.99. The van der Waals surface area contributed by atoms with Crippen LogP contribution < -0.4 is 25.4 Å². The summed E-state index contributed by atoms with van der Waals surface area (Å²) < 4.78 is 10.5. The van der Waals surface area contributed by atoms with E-state index in [9.17, 15) is 4.79 Å². The standard InChI is InChI=1S/C21H28N4O3/c1-4-22-21(24-14-17-7-5-6-8-19(17)28-3)25-15-20(26)23-13-16-9-11-18(27-2)12-10-16/h5-12H,4,13-15H2,1-3H3,(H,23,26)(H2,22,24,25). The van der Waals surface area contributed by atoms with Crippen molar-refractivity contribution in [3.05, 3.63) is 59.7 Å². The van der Waals surface area contributed by atoms with Crippen molar-refractivity contribution < 1.29 is 14.3 Å². The van der Waals surface area contributed by atoms with Gasteiger partial charge in [-0.05, 0) is 30.7 Å². The van der Waals surface area contributed by atoms with Gasteiger partial charge in [-0.15, -0.1) is 0 Å². The number of benzene rings is 2. The summed E-state index contributed by atoms with van der Waals surface area (Å²) in [5.74, 6) is 2.05. The number of para-hydroxylation sites is 1. The molecule has 0 aliphatic heterocycles. The Kier molecular flexibility index (Phi) is 8.65. The minimum absolute atomic E-state index is 0.112. The summed E-state index contributed by atoms with van der Waals surface area (Å²) in [5.41, 5.74) is 1.98. The highest BCUT2D eigenvalue weighted by molar-refractivity contribution is 5.86. The third-order valence-electron chi connectivity index (χ3n) is 4.01. The lowest BCUT2D eigenvalue weighted by molar-refractivity contribution is -0.120. The minimum Gasteiger partial charge on any atom is -0.497 e. The quantitative estimate of drug-likeness (QED) is 0.455. The summed E-state index contributed by atoms with van der Waals surface area (Å²) in [5, 5.41) is 9.07. The monoisotopic (exact) mass is 384 g/mol. The van der Waals surface area contributed by atoms with Crippen molar-refractivity contribution in [3.8, 4) is 11.5 Å². The van der Waals surface area contributed by atoms with E-state index in [0.29, 0.717) is 25.6 Å². The fourth-order valence-electron chi connectivity index (χ4n) is 2.51. The topological polar surface area (TPSA) is 84.0 Å². The number of carbonyl (C=O) groups excluding carboxylic acids is 1. The maximum Gasteiger partial charge on any atom is 0.239 e. The summed E-state index contributed by atoms with van der Waals surface area (Å²) in [7, 11) is 3.26. The number of rotatable bonds is 9. The molecule has 2 aromatic rings. The van der Waals surface area contributed by atoms with Crippen LogP contribution in [0.4, 0.5) is 0 Å². The van der Waals surface area contributed by atoms with Gasteiger partial charge in [0.2, 0.25) is 5.91 Å². The zero-order valence-electron chi connectivity index (χ0n) is 16.6. The van der Waals surface area contributed by atoms with E-state index in [1.54, 1.807) is 14.2 Å². The van der Waals surface area contributed by atoms with Crippen LogP contribution in [0.1, 0.15) is 18.1 Å². The molecule has 2 aromatic carbocycles. The summed E-state index contributed by atoms with van der Waals surface area (Å²) in [4.78, 5) is 16.6. The fourth-order valence-corrected chi connectivity index (χ4v) is 2.51. The lowest BCUT2D eigenvalue weighted by Gasteiger charge is -2.12. The van der Waals surface area contributed by atoms with Crippen molar-refractivity contribution in [1.29, 1.82) is 0 Å². The van der Waals surface area contributed by atoms with Gasteiger partial charge < -0.3 is 25.4 Å². The maximum absolute atomic E-state index is 12.1. The molecule has 7 nitrogen and oxygen atoms in total. The summed E-state index contributed by atoms with van der Waals surface area (Å²) in [6.45, 7) is 3.72. The molecule has 7 heteroatoms. The van der Waals surface area contributed by atoms with Crippen molar-refractivity contribution in [2.75, 3.05) is 27.3 Å². The molecule has 0 heterocycles. The summed E-state index contributed by atoms with van der Waals surface area (Å²) in [6.07, 6.45) is 0. The lowest BCUT2D eigenvalue weighted by Crippen LogP contribution is -2.43. The number of hydrogen-bond donors (Lipinski definition) is 3. The van der Waals surface area contributed by atoms with Gasteiger partial charge in [-0.1, -0.05) is 30.3 Å². The van der Waals surface area contributed by atoms with Crippen LogP contribution in [0.3, 0.4) is 0 Å². The first-order chi connectivity index (χ1) is 13.7. The number of hydrogen-bond acceptors (Lipinski definition) is 4. The van der Waals surface area contributed by atoms with Gasteiger partial charge in [0.15, 0.2) is 5.96 Å². The van der Waals surface area contributed by atoms with E-state index in [2.05, 4.69) is 20.9 Å². The van der Waals surface area contributed by atoms with Crippen molar-refractivity contribution in [2.24, 2.45) is 4.99 Å². The molecule has 3 N–H and O–H groups in total. The molecule has 0 atom stereocenters. The van der Waals surface area contributed by atoms with Crippen LogP contribution in [0, 0.1) is 0 Å². The Bertz CT molecular complexity index is 775. The Morgan fingerprint density at radius 2 is 1.71 bits per heavy atom. The van der Waals surface area contributed by atoms with Gasteiger partial charge in [0.1, 0.15) is 11.5 Å². The summed E-state index contributed by atoms with van der Waals surface area (Å²) >= 11 is 0. The van der Waals surface area contributed by atoms with Gasteiger partial charge in [-0.3, -0.25) is 4.79 Å². The van der Waals surface area contributed by atoms with Gasteiger partial charge in [0.05, 0.1) is 27.3 Å². The van der Waals surface area contributed by atoms with Crippen molar-refractivity contribution in [3.63, 3.8) is 0 Å². The van der Waals surface area contributed by atoms with Gasteiger partial charge in [-0.25, -0.2) is 4.99 Å². The molecule has 0 bridgehead atoms. The van der Waals surface area contributed by atoms with Crippen LogP contribution in [0.2, 0.25) is 0 Å². The van der Waals surface area contributed by atoms with Crippen LogP contribution >= 0.6 is 0 Å². The number of methoxy groups -OCH3 is 2. The van der Waals surface area contributed by atoms with E-state index < -0.39 is 0 Å². The van der Waals surface area contributed by atoms with Crippen molar-refractivity contribution >= 4 is 11.9 Å². The largest absolute Gasteiger partial charge is 0.497 e. The molecule has 0 radical (unpaired) electrons. The molecule has 28 heavy (non-hydrogen) atoms. The van der Waals surface area contributed by atoms with E-state index in [4.69, 9.17) is 9.47 Å². The Hall–Kier alpha value is -3.22. The maximum atomic E-state index is 12.1. The van der Waals surface area contributed by atoms with E-state index >= 15 is 0 Å². The second-order valence-electron chi connectivity index (χ2n) is 5.99. The molecule has 150 valence electrons. The molecule has 0 saturated carbocycles. The third kappa shape index (κ3) is 6.83. The average Bonchev–Trinajstić information content (AvgIpc) is 2.74. The minimum atomic E-state index is -0.112. The Balaban J connectivity index is 1.84. The molecule has 0 fully saturated rings. The van der Waals surface area contributed by atoms with Crippen LogP contribution in [0.25, 0.3) is 0 Å².